The van der Waals surface area contributed by atoms with Gasteiger partial charge in [0.2, 0.25) is 0 Å². The summed E-state index contributed by atoms with van der Waals surface area (Å²) in [6, 6.07) is 1.94. The average molecular weight is 497 g/mol. The van der Waals surface area contributed by atoms with E-state index in [9.17, 15) is 0 Å². The molecule has 3 aromatic heterocycles. The van der Waals surface area contributed by atoms with Crippen molar-refractivity contribution in [2.45, 2.75) is 106 Å². The Labute approximate surface area is 218 Å². The number of hydrogen-bond donors (Lipinski definition) is 1. The summed E-state index contributed by atoms with van der Waals surface area (Å²) >= 11 is 0. The Bertz CT molecular complexity index is 910. The molecule has 0 saturated heterocycles. The molecule has 0 amide bonds. The minimum absolute atomic E-state index is 0.0451. The summed E-state index contributed by atoms with van der Waals surface area (Å²) in [4.78, 5) is 15.5. The molecule has 36 heavy (non-hydrogen) atoms. The Morgan fingerprint density at radius 2 is 1.47 bits per heavy atom. The van der Waals surface area contributed by atoms with Crippen LogP contribution in [0.15, 0.2) is 64.5 Å². The van der Waals surface area contributed by atoms with Crippen LogP contribution in [0, 0.1) is 5.41 Å². The Morgan fingerprint density at radius 3 is 1.69 bits per heavy atom. The van der Waals surface area contributed by atoms with E-state index in [-0.39, 0.29) is 21.8 Å². The lowest BCUT2D eigenvalue weighted by atomic mass is 9.92. The van der Waals surface area contributed by atoms with Crippen LogP contribution in [0.5, 0.6) is 0 Å². The summed E-state index contributed by atoms with van der Waals surface area (Å²) in [5.74, 6) is 1.84. The van der Waals surface area contributed by atoms with Gasteiger partial charge < -0.3 is 9.40 Å². The highest BCUT2D eigenvalue weighted by atomic mass is 16.3. The van der Waals surface area contributed by atoms with Crippen molar-refractivity contribution in [1.82, 2.24) is 24.7 Å². The topological polar surface area (TPSA) is 84.9 Å². The first-order chi connectivity index (χ1) is 16.4. The molecule has 0 bridgehead atoms. The van der Waals surface area contributed by atoms with Gasteiger partial charge in [0, 0.05) is 59.4 Å². The number of nitrogens with zero attached hydrogens (tertiary/aromatic N) is 5. The predicted molar refractivity (Wildman–Crippen MR) is 150 cm³/mol. The first-order valence-corrected chi connectivity index (χ1v) is 12.6. The number of aliphatic imine (C=N–C) groups is 1. The fourth-order valence-corrected chi connectivity index (χ4v) is 2.80. The molecule has 7 heteroatoms. The van der Waals surface area contributed by atoms with Gasteiger partial charge in [-0.15, -0.1) is 0 Å². The van der Waals surface area contributed by atoms with Gasteiger partial charge in [0.05, 0.1) is 11.7 Å². The highest BCUT2D eigenvalue weighted by molar-refractivity contribution is 5.65. The highest BCUT2D eigenvalue weighted by Gasteiger charge is 2.18. The molecule has 1 aliphatic heterocycles. The largest absolute Gasteiger partial charge is 0.448 e. The Morgan fingerprint density at radius 1 is 0.806 bits per heavy atom. The standard InChI is InChI=1S/C8H13N.2C7H12N2.C7H11NO/c1-8(2,3)7-5-4-6-9-7;1-7(2,3)6-8-4-5-9-6;1-7(2,3)9-6-4-5-8-9;1-7(2,3)6-8-4-5-9-6/h5-6H,4H2,1-3H3;4-5H,1-3H3,(H,8,9);4-6H,1-3H3;4-5H,1-3H3. The van der Waals surface area contributed by atoms with Crippen LogP contribution in [0.1, 0.15) is 101 Å². The van der Waals surface area contributed by atoms with Crippen LogP contribution in [0.25, 0.3) is 0 Å². The molecule has 1 aliphatic rings. The molecule has 0 radical (unpaired) electrons. The lowest BCUT2D eigenvalue weighted by molar-refractivity contribution is 0.355. The lowest BCUT2D eigenvalue weighted by Crippen LogP contribution is -2.21. The van der Waals surface area contributed by atoms with E-state index in [1.807, 2.05) is 29.4 Å². The zero-order valence-electron chi connectivity index (χ0n) is 24.5. The zero-order valence-corrected chi connectivity index (χ0v) is 24.5. The maximum Gasteiger partial charge on any atom is 0.199 e. The Balaban J connectivity index is 0.000000240. The number of rotatable bonds is 0. The molecule has 200 valence electrons. The summed E-state index contributed by atoms with van der Waals surface area (Å²) < 4.78 is 7.02. The molecule has 7 nitrogen and oxygen atoms in total. The van der Waals surface area contributed by atoms with Crippen LogP contribution in [0.3, 0.4) is 0 Å². The van der Waals surface area contributed by atoms with Gasteiger partial charge in [-0.3, -0.25) is 9.67 Å². The van der Waals surface area contributed by atoms with Gasteiger partial charge in [-0.1, -0.05) is 68.4 Å². The van der Waals surface area contributed by atoms with E-state index in [0.29, 0.717) is 0 Å². The van der Waals surface area contributed by atoms with Crippen molar-refractivity contribution in [3.8, 4) is 0 Å². The second-order valence-corrected chi connectivity index (χ2v) is 12.8. The van der Waals surface area contributed by atoms with Gasteiger partial charge in [-0.2, -0.15) is 5.10 Å². The zero-order chi connectivity index (χ0) is 27.6. The third-order valence-electron chi connectivity index (χ3n) is 4.89. The molecule has 1 N–H and O–H groups in total. The Kier molecular flexibility index (Phi) is 11.1. The van der Waals surface area contributed by atoms with E-state index in [2.05, 4.69) is 114 Å². The molecule has 3 aromatic rings. The average Bonchev–Trinajstić information content (AvgIpc) is 3.57. The fourth-order valence-electron chi connectivity index (χ4n) is 2.80. The van der Waals surface area contributed by atoms with Crippen molar-refractivity contribution in [2.24, 2.45) is 10.4 Å². The van der Waals surface area contributed by atoms with Gasteiger partial charge >= 0.3 is 0 Å². The first-order valence-electron chi connectivity index (χ1n) is 12.6. The smallest absolute Gasteiger partial charge is 0.199 e. The Hall–Kier alpha value is -2.96. The van der Waals surface area contributed by atoms with Gasteiger partial charge in [0.1, 0.15) is 12.1 Å². The van der Waals surface area contributed by atoms with Crippen molar-refractivity contribution in [3.05, 3.63) is 66.8 Å². The summed E-state index contributed by atoms with van der Waals surface area (Å²) in [5, 5.41) is 4.10. The maximum absolute atomic E-state index is 5.09. The number of oxazole rings is 1. The maximum atomic E-state index is 5.09. The van der Waals surface area contributed by atoms with E-state index in [1.165, 1.54) is 5.70 Å². The van der Waals surface area contributed by atoms with Crippen molar-refractivity contribution < 1.29 is 4.42 Å². The van der Waals surface area contributed by atoms with Crippen molar-refractivity contribution in [3.63, 3.8) is 0 Å². The molecular weight excluding hydrogens is 448 g/mol. The molecule has 0 aliphatic carbocycles. The van der Waals surface area contributed by atoms with Crippen LogP contribution in [0.4, 0.5) is 0 Å². The predicted octanol–water partition coefficient (Wildman–Crippen LogP) is 7.71. The number of imidazole rings is 1. The summed E-state index contributed by atoms with van der Waals surface area (Å²) in [5.41, 5.74) is 1.80. The molecule has 0 unspecified atom stereocenters. The molecule has 0 atom stereocenters. The van der Waals surface area contributed by atoms with Gasteiger partial charge in [0.25, 0.3) is 0 Å². The molecule has 0 aromatic carbocycles. The highest BCUT2D eigenvalue weighted by Crippen LogP contribution is 2.28. The van der Waals surface area contributed by atoms with Crippen molar-refractivity contribution >= 4 is 6.21 Å². The normalized spacial score (nSPS) is 13.5. The third-order valence-corrected chi connectivity index (χ3v) is 4.89. The number of aromatic amines is 1. The van der Waals surface area contributed by atoms with E-state index in [0.717, 1.165) is 18.1 Å². The molecular formula is C29H48N6O. The lowest BCUT2D eigenvalue weighted by Gasteiger charge is -2.18. The van der Waals surface area contributed by atoms with E-state index < -0.39 is 0 Å². The number of H-pyrrole nitrogens is 1. The summed E-state index contributed by atoms with van der Waals surface area (Å²) in [7, 11) is 0. The van der Waals surface area contributed by atoms with E-state index >= 15 is 0 Å². The second-order valence-electron chi connectivity index (χ2n) is 12.8. The van der Waals surface area contributed by atoms with E-state index in [1.54, 1.807) is 24.9 Å². The van der Waals surface area contributed by atoms with Crippen molar-refractivity contribution in [2.75, 3.05) is 0 Å². The molecule has 0 saturated carbocycles. The van der Waals surface area contributed by atoms with Gasteiger partial charge in [-0.05, 0) is 26.8 Å². The quantitative estimate of drug-likeness (QED) is 0.345. The third kappa shape index (κ3) is 11.6. The minimum atomic E-state index is 0.0451. The fraction of sp³-hybridized carbons (Fsp3) is 0.586. The van der Waals surface area contributed by atoms with Crippen LogP contribution in [0.2, 0.25) is 0 Å². The second kappa shape index (κ2) is 12.8. The van der Waals surface area contributed by atoms with Crippen LogP contribution >= 0.6 is 0 Å². The monoisotopic (exact) mass is 496 g/mol. The SMILES string of the molecule is CC(C)(C)C1=CCC=N1.CC(C)(C)c1ncc[nH]1.CC(C)(C)c1ncco1.CC(C)(C)n1cccn1. The van der Waals surface area contributed by atoms with Gasteiger partial charge in [-0.25, -0.2) is 9.97 Å². The van der Waals surface area contributed by atoms with Crippen LogP contribution in [-0.2, 0) is 16.4 Å². The number of hydrogen-bond acceptors (Lipinski definition) is 5. The molecule has 4 rings (SSSR count). The summed E-state index contributed by atoms with van der Waals surface area (Å²) in [6.07, 6.45) is 15.8. The van der Waals surface area contributed by atoms with Crippen molar-refractivity contribution in [1.29, 1.82) is 0 Å². The molecule has 0 spiro atoms. The number of allylic oxidation sites excluding steroid dienone is 2. The number of nitrogens with one attached hydrogen (secondary N) is 1. The molecule has 4 heterocycles. The summed E-state index contributed by atoms with van der Waals surface area (Å²) in [6.45, 7) is 25.5. The molecule has 0 fully saturated rings. The van der Waals surface area contributed by atoms with Crippen LogP contribution < -0.4 is 0 Å². The van der Waals surface area contributed by atoms with Crippen LogP contribution in [-0.4, -0.2) is 30.9 Å². The van der Waals surface area contributed by atoms with E-state index in [4.69, 9.17) is 4.42 Å². The van der Waals surface area contributed by atoms with Gasteiger partial charge in [0.15, 0.2) is 5.89 Å². The minimum Gasteiger partial charge on any atom is -0.448 e. The first kappa shape index (κ1) is 31.1. The number of aromatic nitrogens is 5.